The van der Waals surface area contributed by atoms with Gasteiger partial charge in [0.2, 0.25) is 0 Å². The van der Waals surface area contributed by atoms with Crippen LogP contribution in [-0.4, -0.2) is 43.9 Å². The predicted octanol–water partition coefficient (Wildman–Crippen LogP) is 6.08. The van der Waals surface area contributed by atoms with Gasteiger partial charge in [0, 0.05) is 0 Å². The van der Waals surface area contributed by atoms with Gasteiger partial charge in [0.15, 0.2) is 0 Å². The van der Waals surface area contributed by atoms with E-state index in [1.807, 2.05) is 27.7 Å². The summed E-state index contributed by atoms with van der Waals surface area (Å²) in [6.07, 6.45) is 0. The molecule has 0 atom stereocenters. The Morgan fingerprint density at radius 3 is 0.707 bits per heavy atom. The fourth-order valence-corrected chi connectivity index (χ4v) is 8.22. The summed E-state index contributed by atoms with van der Waals surface area (Å²) in [6.45, 7) is 7.37. The summed E-state index contributed by atoms with van der Waals surface area (Å²) in [5, 5.41) is 0. The van der Waals surface area contributed by atoms with Crippen molar-refractivity contribution in [3.05, 3.63) is 142 Å². The van der Waals surface area contributed by atoms with Crippen LogP contribution in [0.1, 0.15) is 63.7 Å². The molecule has 4 aromatic rings. The summed E-state index contributed by atoms with van der Waals surface area (Å²) >= 11 is -6.26. The average molecular weight is 659 g/mol. The maximum absolute atomic E-state index is 13.3. The van der Waals surface area contributed by atoms with Crippen molar-refractivity contribution < 1.29 is 31.5 Å². The zero-order valence-corrected chi connectivity index (χ0v) is 25.9. The maximum atomic E-state index is 13.3. The van der Waals surface area contributed by atoms with Crippen LogP contribution in [0, 0.1) is 27.7 Å². The molecule has 4 aromatic carbocycles. The van der Waals surface area contributed by atoms with Crippen LogP contribution in [0.3, 0.4) is 0 Å². The van der Waals surface area contributed by atoms with Gasteiger partial charge in [-0.1, -0.05) is 0 Å². The molecule has 0 radical (unpaired) electrons. The third-order valence-electron chi connectivity index (χ3n) is 6.02. The molecule has 0 fully saturated rings. The van der Waals surface area contributed by atoms with E-state index in [2.05, 4.69) is 0 Å². The number of aryl methyl sites for hydroxylation is 4. The number of hydrogen-bond donors (Lipinski definition) is 0. The van der Waals surface area contributed by atoms with Crippen LogP contribution in [0.2, 0.25) is 0 Å². The normalized spacial score (nSPS) is 10.8. The Kier molecular flexibility index (Phi) is 9.24. The molecule has 8 nitrogen and oxygen atoms in total. The molecule has 0 unspecified atom stereocenters. The molecule has 41 heavy (non-hydrogen) atoms. The average Bonchev–Trinajstić information content (AvgIpc) is 2.94. The van der Waals surface area contributed by atoms with E-state index in [1.165, 1.54) is 48.5 Å². The van der Waals surface area contributed by atoms with E-state index in [0.29, 0.717) is 0 Å². The van der Waals surface area contributed by atoms with Gasteiger partial charge in [-0.2, -0.15) is 0 Å². The molecule has 0 amide bonds. The summed E-state index contributed by atoms with van der Waals surface area (Å²) in [7, 11) is 0. The molecule has 0 bridgehead atoms. The molecule has 0 heterocycles. The van der Waals surface area contributed by atoms with Crippen LogP contribution < -0.4 is 0 Å². The van der Waals surface area contributed by atoms with Crippen LogP contribution >= 0.6 is 0 Å². The van der Waals surface area contributed by atoms with Gasteiger partial charge >= 0.3 is 245 Å². The van der Waals surface area contributed by atoms with Gasteiger partial charge in [0.25, 0.3) is 0 Å². The van der Waals surface area contributed by atoms with Crippen LogP contribution in [0.15, 0.2) is 97.1 Å². The van der Waals surface area contributed by atoms with Crippen molar-refractivity contribution in [2.45, 2.75) is 27.7 Å². The van der Waals surface area contributed by atoms with Crippen molar-refractivity contribution in [2.75, 3.05) is 0 Å². The van der Waals surface area contributed by atoms with Gasteiger partial charge < -0.3 is 0 Å². The van der Waals surface area contributed by atoms with Crippen molar-refractivity contribution in [1.29, 1.82) is 0 Å². The molecule has 0 aromatic heterocycles. The molecule has 0 saturated carbocycles. The minimum atomic E-state index is -6.26. The number of carbonyl (C=O) groups is 4. The van der Waals surface area contributed by atoms with E-state index < -0.39 is 43.9 Å². The predicted molar refractivity (Wildman–Crippen MR) is 152 cm³/mol. The summed E-state index contributed by atoms with van der Waals surface area (Å²) in [4.78, 5) is 53.3. The van der Waals surface area contributed by atoms with Crippen molar-refractivity contribution in [3.8, 4) is 0 Å². The van der Waals surface area contributed by atoms with Crippen molar-refractivity contribution in [1.82, 2.24) is 0 Å². The second kappa shape index (κ2) is 12.8. The molecule has 0 saturated heterocycles. The monoisotopic (exact) mass is 660 g/mol. The number of hydrogen-bond acceptors (Lipinski definition) is 8. The quantitative estimate of drug-likeness (QED) is 0.210. The number of rotatable bonds is 8. The Morgan fingerprint density at radius 1 is 0.366 bits per heavy atom. The number of benzene rings is 4. The second-order valence-corrected chi connectivity index (χ2v) is 14.7. The Morgan fingerprint density at radius 2 is 0.537 bits per heavy atom. The molecule has 0 aliphatic carbocycles. The fraction of sp³-hybridized carbons (Fsp3) is 0.125. The number of carbonyl (C=O) groups excluding carboxylic acids is 4. The van der Waals surface area contributed by atoms with E-state index in [1.54, 1.807) is 48.5 Å². The zero-order chi connectivity index (χ0) is 29.6. The van der Waals surface area contributed by atoms with E-state index in [9.17, 15) is 19.2 Å². The molecule has 0 aliphatic heterocycles. The van der Waals surface area contributed by atoms with Gasteiger partial charge in [-0.25, -0.2) is 0 Å². The van der Waals surface area contributed by atoms with E-state index in [-0.39, 0.29) is 22.3 Å². The first kappa shape index (κ1) is 29.5. The fourth-order valence-electron chi connectivity index (χ4n) is 3.57. The van der Waals surface area contributed by atoms with E-state index in [4.69, 9.17) is 12.3 Å². The second-order valence-electron chi connectivity index (χ2n) is 9.52. The summed E-state index contributed by atoms with van der Waals surface area (Å²) in [6, 6.07) is 25.5. The van der Waals surface area contributed by atoms with Crippen LogP contribution in [0.5, 0.6) is 0 Å². The molecular formula is C32H28O8Sn. The minimum absolute atomic E-state index is 0.0841. The van der Waals surface area contributed by atoms with Crippen molar-refractivity contribution in [2.24, 2.45) is 0 Å². The molecule has 208 valence electrons. The zero-order valence-electron chi connectivity index (χ0n) is 23.0. The molecule has 0 N–H and O–H groups in total. The van der Waals surface area contributed by atoms with Gasteiger partial charge in [-0.05, 0) is 0 Å². The topological polar surface area (TPSA) is 105 Å². The van der Waals surface area contributed by atoms with Gasteiger partial charge in [-0.3, -0.25) is 0 Å². The van der Waals surface area contributed by atoms with Crippen molar-refractivity contribution in [3.63, 3.8) is 0 Å². The molecule has 9 heteroatoms. The Hall–Kier alpha value is -4.44. The van der Waals surface area contributed by atoms with Gasteiger partial charge in [-0.15, -0.1) is 0 Å². The van der Waals surface area contributed by atoms with Crippen LogP contribution in [0.25, 0.3) is 0 Å². The summed E-state index contributed by atoms with van der Waals surface area (Å²) in [5.74, 6) is -3.92. The Balaban J connectivity index is 1.77. The SMILES string of the molecule is Cc1ccc(C(=O)[O][Sn]([O]C(=O)c2ccc(C)cc2)([O]C(=O)c2ccc(C)cc2)[O]C(=O)c2ccc(C)cc2)cc1. The molecular weight excluding hydrogens is 631 g/mol. The van der Waals surface area contributed by atoms with Crippen molar-refractivity contribution >= 4 is 43.9 Å². The molecule has 0 spiro atoms. The van der Waals surface area contributed by atoms with E-state index in [0.717, 1.165) is 22.3 Å². The molecule has 0 aliphatic rings. The van der Waals surface area contributed by atoms with Crippen LogP contribution in [0.4, 0.5) is 0 Å². The standard InChI is InChI=1S/4C8H8O2.Sn/c4*1-6-2-4-7(5-3-6)8(9)10;/h4*2-5H,1H3,(H,9,10);/q;;;;+4/p-4. The first-order chi connectivity index (χ1) is 19.5. The summed E-state index contributed by atoms with van der Waals surface area (Å²) in [5.41, 5.74) is 3.89. The van der Waals surface area contributed by atoms with E-state index >= 15 is 0 Å². The first-order valence-corrected chi connectivity index (χ1v) is 17.4. The Labute approximate surface area is 243 Å². The Bertz CT molecular complexity index is 1320. The molecule has 4 rings (SSSR count). The third-order valence-corrected chi connectivity index (χ3v) is 11.0. The summed E-state index contributed by atoms with van der Waals surface area (Å²) < 4.78 is 22.6. The van der Waals surface area contributed by atoms with Gasteiger partial charge in [0.05, 0.1) is 0 Å². The third kappa shape index (κ3) is 7.82. The van der Waals surface area contributed by atoms with Crippen LogP contribution in [-0.2, 0) is 12.3 Å². The van der Waals surface area contributed by atoms with Gasteiger partial charge in [0.1, 0.15) is 0 Å². The first-order valence-electron chi connectivity index (χ1n) is 12.7.